The minimum absolute atomic E-state index is 0.218. The van der Waals surface area contributed by atoms with Crippen LogP contribution in [0.3, 0.4) is 0 Å². The first-order valence-corrected chi connectivity index (χ1v) is 11.0. The second kappa shape index (κ2) is 8.05. The van der Waals surface area contributed by atoms with Crippen LogP contribution >= 0.6 is 27.3 Å². The molecule has 10 heteroatoms. The van der Waals surface area contributed by atoms with Crippen molar-refractivity contribution in [2.24, 2.45) is 0 Å². The molecular formula is C21H15BrN6O2S. The fourth-order valence-electron chi connectivity index (χ4n) is 3.22. The average molecular weight is 495 g/mol. The van der Waals surface area contributed by atoms with Crippen molar-refractivity contribution in [3.63, 3.8) is 0 Å². The molecular weight excluding hydrogens is 480 g/mol. The summed E-state index contributed by atoms with van der Waals surface area (Å²) >= 11 is 4.98. The fourth-order valence-corrected chi connectivity index (χ4v) is 4.42. The molecule has 0 radical (unpaired) electrons. The minimum Gasteiger partial charge on any atom is -0.496 e. The van der Waals surface area contributed by atoms with Gasteiger partial charge in [0.15, 0.2) is 11.2 Å². The number of halogens is 1. The molecule has 0 saturated carbocycles. The second-order valence-corrected chi connectivity index (χ2v) is 8.45. The maximum atomic E-state index is 13.0. The predicted molar refractivity (Wildman–Crippen MR) is 122 cm³/mol. The summed E-state index contributed by atoms with van der Waals surface area (Å²) in [5.41, 5.74) is 2.81. The lowest BCUT2D eigenvalue weighted by molar-refractivity contribution is 0.416. The van der Waals surface area contributed by atoms with Crippen molar-refractivity contribution in [1.82, 2.24) is 29.5 Å². The summed E-state index contributed by atoms with van der Waals surface area (Å²) in [6.45, 7) is 0.285. The number of hydrogen-bond acceptors (Lipinski definition) is 7. The highest BCUT2D eigenvalue weighted by atomic mass is 79.9. The van der Waals surface area contributed by atoms with Crippen LogP contribution in [0.25, 0.3) is 27.4 Å². The van der Waals surface area contributed by atoms with E-state index in [9.17, 15) is 4.79 Å². The second-order valence-electron chi connectivity index (χ2n) is 6.68. The van der Waals surface area contributed by atoms with Crippen LogP contribution in [0.5, 0.6) is 5.75 Å². The smallest absolute Gasteiger partial charge is 0.283 e. The van der Waals surface area contributed by atoms with Crippen LogP contribution in [-0.2, 0) is 6.54 Å². The molecule has 5 aromatic rings. The zero-order valence-electron chi connectivity index (χ0n) is 16.3. The monoisotopic (exact) mass is 494 g/mol. The summed E-state index contributed by atoms with van der Waals surface area (Å²) in [5.74, 6) is 0.738. The van der Waals surface area contributed by atoms with Crippen molar-refractivity contribution < 1.29 is 4.74 Å². The number of nitrogens with zero attached hydrogens (tertiary/aromatic N) is 6. The van der Waals surface area contributed by atoms with Gasteiger partial charge < -0.3 is 4.74 Å². The molecule has 154 valence electrons. The molecule has 0 fully saturated rings. The fraction of sp³-hybridized carbons (Fsp3) is 0.0952. The number of benzene rings is 2. The Morgan fingerprint density at radius 3 is 2.81 bits per heavy atom. The highest BCUT2D eigenvalue weighted by Crippen LogP contribution is 2.34. The maximum absolute atomic E-state index is 13.0. The van der Waals surface area contributed by atoms with Gasteiger partial charge in [0.1, 0.15) is 17.1 Å². The van der Waals surface area contributed by atoms with E-state index in [2.05, 4.69) is 36.2 Å². The largest absolute Gasteiger partial charge is 0.496 e. The van der Waals surface area contributed by atoms with Gasteiger partial charge in [0, 0.05) is 9.85 Å². The standard InChI is InChI=1S/C21H15BrN6O2S/c1-30-17-8-7-13(22)9-16(17)20-24-14(11-31-20)10-27-12-23-19-18(21(27)29)25-26-28(19)15-5-3-2-4-6-15/h2-9,11-12H,10H2,1H3. The van der Waals surface area contributed by atoms with Crippen molar-refractivity contribution >= 4 is 38.4 Å². The Balaban J connectivity index is 1.48. The Bertz CT molecular complexity index is 1440. The summed E-state index contributed by atoms with van der Waals surface area (Å²) in [4.78, 5) is 22.1. The van der Waals surface area contributed by atoms with E-state index in [1.807, 2.05) is 53.9 Å². The third-order valence-corrected chi connectivity index (χ3v) is 6.12. The van der Waals surface area contributed by atoms with E-state index in [1.165, 1.54) is 22.2 Å². The van der Waals surface area contributed by atoms with E-state index >= 15 is 0 Å². The summed E-state index contributed by atoms with van der Waals surface area (Å²) in [5, 5.41) is 10.9. The first-order valence-electron chi connectivity index (χ1n) is 9.28. The average Bonchev–Trinajstić information content (AvgIpc) is 3.44. The summed E-state index contributed by atoms with van der Waals surface area (Å²) < 4.78 is 9.44. The number of methoxy groups -OCH3 is 1. The molecule has 5 rings (SSSR count). The lowest BCUT2D eigenvalue weighted by atomic mass is 10.2. The van der Waals surface area contributed by atoms with Crippen molar-refractivity contribution in [2.75, 3.05) is 7.11 Å². The van der Waals surface area contributed by atoms with Crippen LogP contribution in [0.15, 0.2) is 69.5 Å². The number of thiazole rings is 1. The Labute approximate surface area is 188 Å². The third-order valence-electron chi connectivity index (χ3n) is 4.71. The lowest BCUT2D eigenvalue weighted by Crippen LogP contribution is -2.21. The van der Waals surface area contributed by atoms with Crippen molar-refractivity contribution in [3.8, 4) is 22.0 Å². The van der Waals surface area contributed by atoms with Crippen molar-refractivity contribution in [3.05, 3.63) is 80.8 Å². The number of ether oxygens (including phenoxy) is 1. The molecule has 3 heterocycles. The van der Waals surface area contributed by atoms with Gasteiger partial charge in [-0.15, -0.1) is 16.4 Å². The highest BCUT2D eigenvalue weighted by Gasteiger charge is 2.15. The van der Waals surface area contributed by atoms with Gasteiger partial charge in [-0.25, -0.2) is 9.97 Å². The van der Waals surface area contributed by atoms with Gasteiger partial charge in [-0.05, 0) is 30.3 Å². The van der Waals surface area contributed by atoms with Gasteiger partial charge in [0.05, 0.1) is 30.6 Å². The summed E-state index contributed by atoms with van der Waals surface area (Å²) in [7, 11) is 1.63. The molecule has 0 atom stereocenters. The number of rotatable bonds is 5. The Morgan fingerprint density at radius 2 is 2.00 bits per heavy atom. The van der Waals surface area contributed by atoms with Crippen LogP contribution in [0, 0.1) is 0 Å². The molecule has 8 nitrogen and oxygen atoms in total. The van der Waals surface area contributed by atoms with Gasteiger partial charge >= 0.3 is 0 Å². The molecule has 0 bridgehead atoms. The maximum Gasteiger partial charge on any atom is 0.283 e. The molecule has 2 aromatic carbocycles. The lowest BCUT2D eigenvalue weighted by Gasteiger charge is -2.06. The molecule has 3 aromatic heterocycles. The topological polar surface area (TPSA) is 87.7 Å². The SMILES string of the molecule is COc1ccc(Br)cc1-c1nc(Cn2cnc3c(nnn3-c3ccccc3)c2=O)cs1. The minimum atomic E-state index is -0.262. The van der Waals surface area contributed by atoms with Crippen molar-refractivity contribution in [1.29, 1.82) is 0 Å². The van der Waals surface area contributed by atoms with E-state index in [1.54, 1.807) is 11.8 Å². The zero-order valence-corrected chi connectivity index (χ0v) is 18.7. The van der Waals surface area contributed by atoms with Crippen LogP contribution in [0.1, 0.15) is 5.69 Å². The Kier molecular flexibility index (Phi) is 5.08. The molecule has 0 aliphatic heterocycles. The molecule has 31 heavy (non-hydrogen) atoms. The van der Waals surface area contributed by atoms with Crippen LogP contribution in [0.2, 0.25) is 0 Å². The first-order chi connectivity index (χ1) is 15.1. The Hall–Kier alpha value is -3.37. The molecule has 0 N–H and O–H groups in total. The predicted octanol–water partition coefficient (Wildman–Crippen LogP) is 3.92. The number of aromatic nitrogens is 6. The van der Waals surface area contributed by atoms with Gasteiger partial charge in [-0.1, -0.05) is 39.3 Å². The van der Waals surface area contributed by atoms with E-state index in [0.29, 0.717) is 5.65 Å². The number of para-hydroxylation sites is 1. The van der Waals surface area contributed by atoms with Gasteiger partial charge in [-0.2, -0.15) is 4.68 Å². The van der Waals surface area contributed by atoms with Gasteiger partial charge in [0.2, 0.25) is 0 Å². The molecule has 0 aliphatic rings. The van der Waals surface area contributed by atoms with Crippen LogP contribution in [0.4, 0.5) is 0 Å². The molecule has 0 spiro atoms. The van der Waals surface area contributed by atoms with Crippen LogP contribution in [-0.4, -0.2) is 36.6 Å². The molecule has 0 unspecified atom stereocenters. The normalized spacial score (nSPS) is 11.2. The van der Waals surface area contributed by atoms with Gasteiger partial charge in [0.25, 0.3) is 5.56 Å². The van der Waals surface area contributed by atoms with E-state index in [4.69, 9.17) is 4.74 Å². The van der Waals surface area contributed by atoms with E-state index in [0.717, 1.165) is 32.2 Å². The zero-order chi connectivity index (χ0) is 21.4. The number of fused-ring (bicyclic) bond motifs is 1. The summed E-state index contributed by atoms with van der Waals surface area (Å²) in [6, 6.07) is 15.2. The highest BCUT2D eigenvalue weighted by molar-refractivity contribution is 9.10. The number of hydrogen-bond donors (Lipinski definition) is 0. The molecule has 0 amide bonds. The van der Waals surface area contributed by atoms with Crippen molar-refractivity contribution in [2.45, 2.75) is 6.54 Å². The van der Waals surface area contributed by atoms with Crippen LogP contribution < -0.4 is 10.3 Å². The van der Waals surface area contributed by atoms with E-state index in [-0.39, 0.29) is 17.6 Å². The molecule has 0 saturated heterocycles. The third kappa shape index (κ3) is 3.64. The quantitative estimate of drug-likeness (QED) is 0.367. The summed E-state index contributed by atoms with van der Waals surface area (Å²) in [6.07, 6.45) is 1.51. The van der Waals surface area contributed by atoms with Gasteiger partial charge in [-0.3, -0.25) is 9.36 Å². The molecule has 0 aliphatic carbocycles. The first kappa shape index (κ1) is 19.6. The Morgan fingerprint density at radius 1 is 1.16 bits per heavy atom. The van der Waals surface area contributed by atoms with E-state index < -0.39 is 0 Å².